The Kier molecular flexibility index (Phi) is 5.92. The number of ether oxygens (including phenoxy) is 3. The van der Waals surface area contributed by atoms with Crippen LogP contribution in [0.3, 0.4) is 0 Å². The van der Waals surface area contributed by atoms with Gasteiger partial charge in [0.2, 0.25) is 5.79 Å². The van der Waals surface area contributed by atoms with Gasteiger partial charge >= 0.3 is 0 Å². The minimum Gasteiger partial charge on any atom is -0.394 e. The Labute approximate surface area is 130 Å². The molecule has 136 valence electrons. The second-order valence-corrected chi connectivity index (χ2v) is 5.56. The van der Waals surface area contributed by atoms with Crippen molar-refractivity contribution in [2.24, 2.45) is 0 Å². The Morgan fingerprint density at radius 3 is 1.87 bits per heavy atom. The van der Waals surface area contributed by atoms with Crippen LogP contribution in [0.15, 0.2) is 0 Å². The van der Waals surface area contributed by atoms with Gasteiger partial charge in [-0.05, 0) is 0 Å². The highest BCUT2D eigenvalue weighted by molar-refractivity contribution is 4.98. The third-order valence-corrected chi connectivity index (χ3v) is 4.07. The molecule has 2 heterocycles. The van der Waals surface area contributed by atoms with Crippen LogP contribution >= 0.6 is 0 Å². The zero-order valence-corrected chi connectivity index (χ0v) is 12.0. The first-order valence-corrected chi connectivity index (χ1v) is 7.05. The van der Waals surface area contributed by atoms with Crippen molar-refractivity contribution in [3.8, 4) is 0 Å². The van der Waals surface area contributed by atoms with Crippen LogP contribution in [-0.2, 0) is 14.2 Å². The molecule has 2 aliphatic heterocycles. The lowest BCUT2D eigenvalue weighted by Gasteiger charge is -2.43. The van der Waals surface area contributed by atoms with E-state index >= 15 is 0 Å². The van der Waals surface area contributed by atoms with E-state index < -0.39 is 74.6 Å². The summed E-state index contributed by atoms with van der Waals surface area (Å²) >= 11 is 0. The van der Waals surface area contributed by atoms with Gasteiger partial charge in [0, 0.05) is 0 Å². The molecule has 0 aromatic carbocycles. The fourth-order valence-corrected chi connectivity index (χ4v) is 2.63. The molecule has 2 rings (SSSR count). The first-order valence-electron chi connectivity index (χ1n) is 7.05. The molecular formula is C12H22O11. The highest BCUT2D eigenvalue weighted by atomic mass is 16.8. The summed E-state index contributed by atoms with van der Waals surface area (Å²) in [5.74, 6) is -2.22. The minimum atomic E-state index is -2.22. The molecule has 0 unspecified atom stereocenters. The van der Waals surface area contributed by atoms with Gasteiger partial charge in [0.25, 0.3) is 0 Å². The number of rotatable bonds is 5. The standard InChI is InChI=1S/C12H22O11/c13-1-4-6(16)8(18)9(19)11(21-4)23-12(3-15)10(20)7(17)5(2-14)22-12/h4-11,13-20H,1-3H2/t4-,5+,6+,7-,8-,9+,10-,11+,12-/m0/s1. The van der Waals surface area contributed by atoms with Crippen molar-refractivity contribution in [2.45, 2.75) is 54.8 Å². The molecular weight excluding hydrogens is 320 g/mol. The second-order valence-electron chi connectivity index (χ2n) is 5.56. The molecule has 2 fully saturated rings. The van der Waals surface area contributed by atoms with Gasteiger partial charge in [0.15, 0.2) is 6.29 Å². The molecule has 0 amide bonds. The van der Waals surface area contributed by atoms with Gasteiger partial charge in [-0.15, -0.1) is 0 Å². The largest absolute Gasteiger partial charge is 0.394 e. The first kappa shape index (κ1) is 18.9. The van der Waals surface area contributed by atoms with Gasteiger partial charge < -0.3 is 55.1 Å². The quantitative estimate of drug-likeness (QED) is 0.238. The molecule has 0 aliphatic carbocycles. The van der Waals surface area contributed by atoms with E-state index in [1.807, 2.05) is 0 Å². The Morgan fingerprint density at radius 1 is 0.783 bits per heavy atom. The minimum absolute atomic E-state index is 0.669. The zero-order chi connectivity index (χ0) is 17.4. The van der Waals surface area contributed by atoms with Crippen LogP contribution in [-0.4, -0.2) is 115 Å². The second kappa shape index (κ2) is 7.21. The third kappa shape index (κ3) is 3.23. The molecule has 11 nitrogen and oxygen atoms in total. The summed E-state index contributed by atoms with van der Waals surface area (Å²) in [6.07, 6.45) is -12.7. The number of hydrogen-bond donors (Lipinski definition) is 8. The van der Waals surface area contributed by atoms with Crippen molar-refractivity contribution in [3.05, 3.63) is 0 Å². The van der Waals surface area contributed by atoms with Crippen LogP contribution in [0.25, 0.3) is 0 Å². The van der Waals surface area contributed by atoms with Gasteiger partial charge in [0.1, 0.15) is 49.3 Å². The smallest absolute Gasteiger partial charge is 0.224 e. The van der Waals surface area contributed by atoms with Crippen LogP contribution in [0.5, 0.6) is 0 Å². The summed E-state index contributed by atoms with van der Waals surface area (Å²) in [6, 6.07) is 0. The molecule has 0 bridgehead atoms. The van der Waals surface area contributed by atoms with Crippen LogP contribution in [0.4, 0.5) is 0 Å². The Balaban J connectivity index is 2.18. The van der Waals surface area contributed by atoms with Crippen molar-refractivity contribution in [3.63, 3.8) is 0 Å². The lowest BCUT2D eigenvalue weighted by molar-refractivity contribution is -0.383. The van der Waals surface area contributed by atoms with Gasteiger partial charge in [0.05, 0.1) is 13.2 Å². The van der Waals surface area contributed by atoms with E-state index in [0.29, 0.717) is 0 Å². The van der Waals surface area contributed by atoms with Gasteiger partial charge in [-0.25, -0.2) is 0 Å². The predicted molar refractivity (Wildman–Crippen MR) is 68.6 cm³/mol. The van der Waals surface area contributed by atoms with Crippen LogP contribution in [0.2, 0.25) is 0 Å². The Hall–Kier alpha value is -0.440. The van der Waals surface area contributed by atoms with E-state index in [1.165, 1.54) is 0 Å². The molecule has 9 atom stereocenters. The third-order valence-electron chi connectivity index (χ3n) is 4.07. The molecule has 8 N–H and O–H groups in total. The molecule has 23 heavy (non-hydrogen) atoms. The summed E-state index contributed by atoms with van der Waals surface area (Å²) in [5, 5.41) is 76.7. The van der Waals surface area contributed by atoms with E-state index in [1.54, 1.807) is 0 Å². The fraction of sp³-hybridized carbons (Fsp3) is 1.00. The van der Waals surface area contributed by atoms with E-state index in [9.17, 15) is 30.6 Å². The summed E-state index contributed by atoms with van der Waals surface area (Å²) in [7, 11) is 0. The van der Waals surface area contributed by atoms with Crippen LogP contribution < -0.4 is 0 Å². The van der Waals surface area contributed by atoms with Crippen molar-refractivity contribution in [1.82, 2.24) is 0 Å². The van der Waals surface area contributed by atoms with Crippen molar-refractivity contribution in [1.29, 1.82) is 0 Å². The maximum Gasteiger partial charge on any atom is 0.224 e. The SMILES string of the molecule is OC[C@@H]1O[C@H](O[C@]2(CO)O[C@H](CO)[C@H](O)[C@@H]2O)[C@H](O)[C@@H](O)[C@@H]1O. The fourth-order valence-electron chi connectivity index (χ4n) is 2.63. The molecule has 0 aromatic heterocycles. The van der Waals surface area contributed by atoms with E-state index in [2.05, 4.69) is 0 Å². The summed E-state index contributed by atoms with van der Waals surface area (Å²) < 4.78 is 15.4. The first-order chi connectivity index (χ1) is 10.8. The number of aliphatic hydroxyl groups excluding tert-OH is 8. The topological polar surface area (TPSA) is 190 Å². The molecule has 2 aliphatic rings. The van der Waals surface area contributed by atoms with Crippen LogP contribution in [0.1, 0.15) is 0 Å². The number of hydrogen-bond acceptors (Lipinski definition) is 11. The van der Waals surface area contributed by atoms with Crippen LogP contribution in [0, 0.1) is 0 Å². The lowest BCUT2D eigenvalue weighted by Crippen LogP contribution is -2.62. The van der Waals surface area contributed by atoms with Gasteiger partial charge in [-0.3, -0.25) is 0 Å². The summed E-state index contributed by atoms with van der Waals surface area (Å²) in [6.45, 7) is -2.32. The molecule has 2 saturated heterocycles. The average molecular weight is 342 g/mol. The maximum atomic E-state index is 10.00. The lowest BCUT2D eigenvalue weighted by atomic mass is 9.99. The monoisotopic (exact) mass is 342 g/mol. The number of aliphatic hydroxyl groups is 8. The van der Waals surface area contributed by atoms with Crippen molar-refractivity contribution >= 4 is 0 Å². The van der Waals surface area contributed by atoms with E-state index in [-0.39, 0.29) is 0 Å². The molecule has 0 spiro atoms. The maximum absolute atomic E-state index is 10.00. The molecule has 0 saturated carbocycles. The van der Waals surface area contributed by atoms with E-state index in [0.717, 1.165) is 0 Å². The summed E-state index contributed by atoms with van der Waals surface area (Å²) in [5.41, 5.74) is 0. The normalized spacial score (nSPS) is 51.1. The van der Waals surface area contributed by atoms with Crippen molar-refractivity contribution < 1.29 is 55.1 Å². The highest BCUT2D eigenvalue weighted by Gasteiger charge is 2.58. The van der Waals surface area contributed by atoms with Gasteiger partial charge in [-0.2, -0.15) is 0 Å². The average Bonchev–Trinajstić information content (AvgIpc) is 2.80. The summed E-state index contributed by atoms with van der Waals surface area (Å²) in [4.78, 5) is 0. The Morgan fingerprint density at radius 2 is 1.39 bits per heavy atom. The van der Waals surface area contributed by atoms with E-state index in [4.69, 9.17) is 24.4 Å². The highest BCUT2D eigenvalue weighted by Crippen LogP contribution is 2.35. The van der Waals surface area contributed by atoms with Crippen molar-refractivity contribution in [2.75, 3.05) is 19.8 Å². The molecule has 0 aromatic rings. The molecule has 11 heteroatoms. The molecule has 0 radical (unpaired) electrons. The predicted octanol–water partition coefficient (Wildman–Crippen LogP) is -5.40. The van der Waals surface area contributed by atoms with Gasteiger partial charge in [-0.1, -0.05) is 0 Å². The zero-order valence-electron chi connectivity index (χ0n) is 12.0. The Bertz CT molecular complexity index is 393.